The molecule has 0 fully saturated rings. The van der Waals surface area contributed by atoms with E-state index in [4.69, 9.17) is 0 Å². The topological polar surface area (TPSA) is 40.1 Å². The molecule has 0 saturated carbocycles. The summed E-state index contributed by atoms with van der Waals surface area (Å²) >= 11 is 0. The van der Waals surface area contributed by atoms with Crippen molar-refractivity contribution in [2.24, 2.45) is 5.92 Å². The van der Waals surface area contributed by atoms with Gasteiger partial charge in [-0.1, -0.05) is 39.0 Å². The van der Waals surface area contributed by atoms with Gasteiger partial charge in [-0.3, -0.25) is 0 Å². The number of carbonyl (C=O) groups is 1. The van der Waals surface area contributed by atoms with Crippen LogP contribution in [0.4, 0.5) is 13.2 Å². The predicted molar refractivity (Wildman–Crippen MR) is 52.5 cm³/mol. The number of hydrogen-bond acceptors (Lipinski definition) is 2. The Labute approximate surface area is 93.8 Å². The third kappa shape index (κ3) is 8.56. The van der Waals surface area contributed by atoms with Crippen LogP contribution < -0.4 is 5.11 Å². The number of unbranched alkanes of at least 4 members (excludes halogenated alkanes) is 4. The van der Waals surface area contributed by atoms with Gasteiger partial charge in [0.15, 0.2) is 0 Å². The molecular weight excluding hydrogens is 221 g/mol. The maximum atomic E-state index is 12.0. The molecule has 0 bridgehead atoms. The summed E-state index contributed by atoms with van der Waals surface area (Å²) < 4.78 is 36.0. The Morgan fingerprint density at radius 2 is 1.75 bits per heavy atom. The first kappa shape index (κ1) is 15.3. The number of aliphatic carboxylic acids is 1. The van der Waals surface area contributed by atoms with Crippen LogP contribution in [0.15, 0.2) is 0 Å². The van der Waals surface area contributed by atoms with Gasteiger partial charge in [-0.15, -0.1) is 0 Å². The molecule has 0 radical (unpaired) electrons. The van der Waals surface area contributed by atoms with Crippen LogP contribution in [0.25, 0.3) is 0 Å². The first-order chi connectivity index (χ1) is 7.37. The Kier molecular flexibility index (Phi) is 7.17. The molecular formula is C11H18F3O2-. The number of hydrogen-bond donors (Lipinski definition) is 0. The van der Waals surface area contributed by atoms with E-state index < -0.39 is 24.5 Å². The average Bonchev–Trinajstić information content (AvgIpc) is 2.13. The first-order valence-corrected chi connectivity index (χ1v) is 5.64. The highest BCUT2D eigenvalue weighted by Gasteiger charge is 2.32. The maximum absolute atomic E-state index is 12.0. The van der Waals surface area contributed by atoms with Crippen LogP contribution in [0, 0.1) is 5.92 Å². The monoisotopic (exact) mass is 239 g/mol. The Bertz CT molecular complexity index is 202. The van der Waals surface area contributed by atoms with E-state index in [-0.39, 0.29) is 6.42 Å². The Morgan fingerprint density at radius 3 is 2.19 bits per heavy atom. The van der Waals surface area contributed by atoms with Crippen molar-refractivity contribution in [2.45, 2.75) is 58.0 Å². The number of halogens is 3. The summed E-state index contributed by atoms with van der Waals surface area (Å²) in [5.41, 5.74) is 0. The second kappa shape index (κ2) is 7.52. The molecule has 1 unspecified atom stereocenters. The summed E-state index contributed by atoms with van der Waals surface area (Å²) in [6.07, 6.45) is -1.29. The zero-order chi connectivity index (χ0) is 12.6. The van der Waals surface area contributed by atoms with Crippen LogP contribution >= 0.6 is 0 Å². The minimum atomic E-state index is -4.42. The van der Waals surface area contributed by atoms with Crippen molar-refractivity contribution in [1.29, 1.82) is 0 Å². The van der Waals surface area contributed by atoms with Gasteiger partial charge in [0, 0.05) is 11.9 Å². The van der Waals surface area contributed by atoms with Gasteiger partial charge in [0.2, 0.25) is 0 Å². The fourth-order valence-electron chi connectivity index (χ4n) is 1.58. The zero-order valence-corrected chi connectivity index (χ0v) is 9.48. The minimum absolute atomic E-state index is 0.0611. The van der Waals surface area contributed by atoms with E-state index >= 15 is 0 Å². The van der Waals surface area contributed by atoms with Gasteiger partial charge >= 0.3 is 6.18 Å². The van der Waals surface area contributed by atoms with Crippen LogP contribution in [0.2, 0.25) is 0 Å². The number of carboxylic acid groups (broad SMARTS) is 1. The molecule has 0 heterocycles. The fraction of sp³-hybridized carbons (Fsp3) is 0.909. The van der Waals surface area contributed by atoms with Gasteiger partial charge in [0.1, 0.15) is 0 Å². The summed E-state index contributed by atoms with van der Waals surface area (Å²) in [7, 11) is 0. The summed E-state index contributed by atoms with van der Waals surface area (Å²) in [5, 5.41) is 10.5. The van der Waals surface area contributed by atoms with Crippen LogP contribution in [0.5, 0.6) is 0 Å². The third-order valence-electron chi connectivity index (χ3n) is 2.47. The molecule has 0 aromatic carbocycles. The molecule has 0 aliphatic heterocycles. The number of carboxylic acids is 1. The number of carbonyl (C=O) groups excluding carboxylic acids is 1. The molecule has 0 saturated heterocycles. The lowest BCUT2D eigenvalue weighted by Gasteiger charge is -2.19. The zero-order valence-electron chi connectivity index (χ0n) is 9.48. The fourth-order valence-corrected chi connectivity index (χ4v) is 1.58. The molecule has 5 heteroatoms. The van der Waals surface area contributed by atoms with Crippen molar-refractivity contribution in [3.63, 3.8) is 0 Å². The van der Waals surface area contributed by atoms with Crippen molar-refractivity contribution in [3.05, 3.63) is 0 Å². The van der Waals surface area contributed by atoms with Crippen molar-refractivity contribution >= 4 is 5.97 Å². The predicted octanol–water partition coefficient (Wildman–Crippen LogP) is 2.67. The van der Waals surface area contributed by atoms with Crippen molar-refractivity contribution in [2.75, 3.05) is 0 Å². The molecule has 0 amide bonds. The summed E-state index contributed by atoms with van der Waals surface area (Å²) in [4.78, 5) is 10.5. The molecule has 0 rings (SSSR count). The second-order valence-corrected chi connectivity index (χ2v) is 4.04. The van der Waals surface area contributed by atoms with Crippen molar-refractivity contribution < 1.29 is 23.1 Å². The Morgan fingerprint density at radius 1 is 1.19 bits per heavy atom. The Balaban J connectivity index is 3.83. The quantitative estimate of drug-likeness (QED) is 0.611. The highest BCUT2D eigenvalue weighted by Crippen LogP contribution is 2.27. The van der Waals surface area contributed by atoms with Crippen molar-refractivity contribution in [3.8, 4) is 0 Å². The maximum Gasteiger partial charge on any atom is 0.389 e. The summed E-state index contributed by atoms with van der Waals surface area (Å²) in [6.45, 7) is 2.04. The molecule has 96 valence electrons. The highest BCUT2D eigenvalue weighted by molar-refractivity contribution is 5.67. The molecule has 0 aliphatic rings. The van der Waals surface area contributed by atoms with E-state index in [1.165, 1.54) is 0 Å². The highest BCUT2D eigenvalue weighted by atomic mass is 19.4. The van der Waals surface area contributed by atoms with Gasteiger partial charge in [-0.25, -0.2) is 0 Å². The van der Waals surface area contributed by atoms with Crippen LogP contribution in [0.3, 0.4) is 0 Å². The van der Waals surface area contributed by atoms with E-state index in [9.17, 15) is 23.1 Å². The molecule has 16 heavy (non-hydrogen) atoms. The van der Waals surface area contributed by atoms with Gasteiger partial charge in [0.05, 0.1) is 6.42 Å². The van der Waals surface area contributed by atoms with E-state index in [0.29, 0.717) is 6.42 Å². The van der Waals surface area contributed by atoms with E-state index in [0.717, 1.165) is 25.7 Å². The smallest absolute Gasteiger partial charge is 0.389 e. The second-order valence-electron chi connectivity index (χ2n) is 4.04. The molecule has 1 atom stereocenters. The molecule has 2 nitrogen and oxygen atoms in total. The summed E-state index contributed by atoms with van der Waals surface area (Å²) in [5.74, 6) is -2.98. The van der Waals surface area contributed by atoms with E-state index in [1.54, 1.807) is 0 Å². The third-order valence-corrected chi connectivity index (χ3v) is 2.47. The average molecular weight is 239 g/mol. The van der Waals surface area contributed by atoms with Crippen LogP contribution in [0.1, 0.15) is 51.9 Å². The van der Waals surface area contributed by atoms with Crippen molar-refractivity contribution in [1.82, 2.24) is 0 Å². The molecule has 0 aromatic rings. The Hall–Kier alpha value is -0.740. The standard InChI is InChI=1S/C11H19F3O2/c1-2-3-4-5-6-7-9(10(15)16)8-11(12,13)14/h9H,2-8H2,1H3,(H,15,16)/p-1. The SMILES string of the molecule is CCCCCCCC(CC(F)(F)F)C(=O)[O-]. The van der Waals surface area contributed by atoms with Gasteiger partial charge in [-0.2, -0.15) is 13.2 Å². The number of alkyl halides is 3. The normalized spacial score (nSPS) is 13.8. The van der Waals surface area contributed by atoms with E-state index in [1.807, 2.05) is 6.92 Å². The van der Waals surface area contributed by atoms with Gasteiger partial charge in [-0.05, 0) is 6.42 Å². The number of rotatable bonds is 8. The minimum Gasteiger partial charge on any atom is -0.550 e. The molecule has 0 N–H and O–H groups in total. The van der Waals surface area contributed by atoms with Crippen LogP contribution in [-0.4, -0.2) is 12.1 Å². The lowest BCUT2D eigenvalue weighted by atomic mass is 9.97. The summed E-state index contributed by atoms with van der Waals surface area (Å²) in [6, 6.07) is 0. The van der Waals surface area contributed by atoms with Gasteiger partial charge < -0.3 is 9.90 Å². The van der Waals surface area contributed by atoms with Crippen LogP contribution in [-0.2, 0) is 4.79 Å². The first-order valence-electron chi connectivity index (χ1n) is 5.64. The molecule has 0 aromatic heterocycles. The molecule has 0 aliphatic carbocycles. The lowest BCUT2D eigenvalue weighted by Crippen LogP contribution is -2.34. The largest absolute Gasteiger partial charge is 0.550 e. The molecule has 0 spiro atoms. The van der Waals surface area contributed by atoms with Gasteiger partial charge in [0.25, 0.3) is 0 Å². The van der Waals surface area contributed by atoms with E-state index in [2.05, 4.69) is 0 Å². The lowest BCUT2D eigenvalue weighted by molar-refractivity contribution is -0.315.